The first kappa shape index (κ1) is 40.0. The summed E-state index contributed by atoms with van der Waals surface area (Å²) in [4.78, 5) is 1.95. The molecular weight excluding hydrogens is 694 g/mol. The maximum Gasteiger partial charge on any atom is 0.187 e. The maximum atomic E-state index is 11.3. The molecule has 1 aromatic carbocycles. The Labute approximate surface area is 292 Å². The average molecular weight is 742 g/mol. The van der Waals surface area contributed by atoms with E-state index in [0.717, 1.165) is 5.56 Å². The van der Waals surface area contributed by atoms with Crippen LogP contribution in [0.25, 0.3) is 0 Å². The van der Waals surface area contributed by atoms with Crippen LogP contribution in [0, 0.1) is 0 Å². The monoisotopic (exact) mass is 741 g/mol. The topological polar surface area (TPSA) is 270 Å². The molecule has 4 aliphatic rings. The number of rotatable bonds is 12. The van der Waals surface area contributed by atoms with Crippen molar-refractivity contribution in [2.45, 2.75) is 118 Å². The molecule has 0 radical (unpaired) electrons. The standard InChI is InChI=1S/C31H48ClNO17/c1-13-21(37)28(50-31-26(42)25(41)22(38)17(10-35)48-31)24(40)19(45-13)12-44-30-27(43)29(23(39)18(11-36)47-30)49-20-8-33(7-16(9-34)46-20)6-14-3-2-4-15(32)5-14/h2-5,13,16-31,34-43H,6-12H2,1H3. The lowest BCUT2D eigenvalue weighted by Crippen LogP contribution is -2.65. The van der Waals surface area contributed by atoms with Crippen LogP contribution < -0.4 is 0 Å². The maximum absolute atomic E-state index is 11.3. The number of benzene rings is 1. The van der Waals surface area contributed by atoms with Crippen LogP contribution in [-0.2, 0) is 39.7 Å². The van der Waals surface area contributed by atoms with Crippen LogP contribution in [0.15, 0.2) is 24.3 Å². The van der Waals surface area contributed by atoms with Gasteiger partial charge in [-0.25, -0.2) is 0 Å². The fourth-order valence-electron chi connectivity index (χ4n) is 6.54. The molecule has 18 nitrogen and oxygen atoms in total. The van der Waals surface area contributed by atoms with Gasteiger partial charge in [-0.2, -0.15) is 0 Å². The number of morpholine rings is 1. The largest absolute Gasteiger partial charge is 0.394 e. The molecule has 0 amide bonds. The summed E-state index contributed by atoms with van der Waals surface area (Å²) in [6.45, 7) is 0.272. The van der Waals surface area contributed by atoms with Crippen molar-refractivity contribution in [2.75, 3.05) is 39.5 Å². The summed E-state index contributed by atoms with van der Waals surface area (Å²) in [7, 11) is 0. The summed E-state index contributed by atoms with van der Waals surface area (Å²) in [6, 6.07) is 7.26. The summed E-state index contributed by atoms with van der Waals surface area (Å²) in [5.41, 5.74) is 0.907. The second-order valence-corrected chi connectivity index (χ2v) is 13.4. The van der Waals surface area contributed by atoms with Crippen LogP contribution >= 0.6 is 11.6 Å². The van der Waals surface area contributed by atoms with Gasteiger partial charge in [-0.15, -0.1) is 0 Å². The van der Waals surface area contributed by atoms with Gasteiger partial charge in [-0.1, -0.05) is 23.7 Å². The fraction of sp³-hybridized carbons (Fsp3) is 0.806. The lowest BCUT2D eigenvalue weighted by Gasteiger charge is -2.47. The zero-order valence-electron chi connectivity index (χ0n) is 27.2. The Bertz CT molecular complexity index is 1210. The van der Waals surface area contributed by atoms with Crippen molar-refractivity contribution in [2.24, 2.45) is 0 Å². The molecule has 17 atom stereocenters. The van der Waals surface area contributed by atoms with Gasteiger partial charge in [0.25, 0.3) is 0 Å². The normalized spacial score (nSPS) is 44.7. The number of hydrogen-bond donors (Lipinski definition) is 10. The summed E-state index contributed by atoms with van der Waals surface area (Å²) in [6.07, 6.45) is -24.0. The number of ether oxygens (including phenoxy) is 7. The average Bonchev–Trinajstić information content (AvgIpc) is 3.10. The Kier molecular flexibility index (Phi) is 14.2. The molecule has 0 saturated carbocycles. The first-order valence-corrected chi connectivity index (χ1v) is 16.8. The first-order valence-electron chi connectivity index (χ1n) is 16.4. The van der Waals surface area contributed by atoms with Crippen molar-refractivity contribution in [3.63, 3.8) is 0 Å². The quantitative estimate of drug-likeness (QED) is 0.0965. The molecule has 1 aromatic rings. The van der Waals surface area contributed by atoms with Crippen LogP contribution in [0.1, 0.15) is 12.5 Å². The van der Waals surface area contributed by atoms with Gasteiger partial charge in [0.05, 0.1) is 38.6 Å². The highest BCUT2D eigenvalue weighted by Crippen LogP contribution is 2.31. The molecule has 10 N–H and O–H groups in total. The predicted octanol–water partition coefficient (Wildman–Crippen LogP) is -4.61. The summed E-state index contributed by atoms with van der Waals surface area (Å²) in [5, 5.41) is 105. The zero-order valence-corrected chi connectivity index (χ0v) is 28.0. The highest BCUT2D eigenvalue weighted by molar-refractivity contribution is 6.30. The molecule has 4 saturated heterocycles. The van der Waals surface area contributed by atoms with E-state index >= 15 is 0 Å². The number of hydrogen-bond acceptors (Lipinski definition) is 18. The van der Waals surface area contributed by atoms with E-state index in [1.807, 2.05) is 17.0 Å². The highest BCUT2D eigenvalue weighted by Gasteiger charge is 2.51. The molecule has 286 valence electrons. The summed E-state index contributed by atoms with van der Waals surface area (Å²) in [5.74, 6) is 0. The molecule has 5 rings (SSSR count). The molecule has 4 fully saturated rings. The van der Waals surface area contributed by atoms with Crippen LogP contribution in [0.4, 0.5) is 0 Å². The summed E-state index contributed by atoms with van der Waals surface area (Å²) >= 11 is 6.13. The van der Waals surface area contributed by atoms with Crippen LogP contribution in [0.3, 0.4) is 0 Å². The minimum atomic E-state index is -1.80. The van der Waals surface area contributed by atoms with Crippen molar-refractivity contribution >= 4 is 11.6 Å². The molecule has 0 bridgehead atoms. The van der Waals surface area contributed by atoms with Gasteiger partial charge in [0.1, 0.15) is 73.2 Å². The first-order chi connectivity index (χ1) is 23.8. The van der Waals surface area contributed by atoms with Gasteiger partial charge in [0.2, 0.25) is 0 Å². The molecule has 0 spiro atoms. The third-order valence-electron chi connectivity index (χ3n) is 9.33. The molecule has 0 aromatic heterocycles. The van der Waals surface area contributed by atoms with E-state index in [1.54, 1.807) is 12.1 Å². The van der Waals surface area contributed by atoms with Crippen molar-refractivity contribution in [3.8, 4) is 0 Å². The Morgan fingerprint density at radius 1 is 0.700 bits per heavy atom. The Morgan fingerprint density at radius 3 is 2.04 bits per heavy atom. The second kappa shape index (κ2) is 17.7. The minimum absolute atomic E-state index is 0.188. The number of nitrogens with zero attached hydrogens (tertiary/aromatic N) is 1. The van der Waals surface area contributed by atoms with Gasteiger partial charge in [-0.05, 0) is 24.6 Å². The molecule has 17 unspecified atom stereocenters. The van der Waals surface area contributed by atoms with Crippen LogP contribution in [0.5, 0.6) is 0 Å². The van der Waals surface area contributed by atoms with Gasteiger partial charge in [0.15, 0.2) is 18.9 Å². The second-order valence-electron chi connectivity index (χ2n) is 13.0. The van der Waals surface area contributed by atoms with E-state index in [2.05, 4.69) is 0 Å². The van der Waals surface area contributed by atoms with Crippen LogP contribution in [-0.4, -0.2) is 200 Å². The van der Waals surface area contributed by atoms with E-state index in [-0.39, 0.29) is 13.2 Å². The molecular formula is C31H48ClNO17. The Hall–Kier alpha value is -1.21. The number of halogens is 1. The van der Waals surface area contributed by atoms with Gasteiger partial charge in [0, 0.05) is 24.7 Å². The number of aliphatic hydroxyl groups excluding tert-OH is 10. The molecule has 4 aliphatic heterocycles. The lowest BCUT2D eigenvalue weighted by molar-refractivity contribution is -0.352. The van der Waals surface area contributed by atoms with Gasteiger partial charge in [-0.3, -0.25) is 4.90 Å². The van der Waals surface area contributed by atoms with E-state index in [1.165, 1.54) is 6.92 Å². The minimum Gasteiger partial charge on any atom is -0.394 e. The molecule has 19 heteroatoms. The van der Waals surface area contributed by atoms with E-state index in [0.29, 0.717) is 18.1 Å². The van der Waals surface area contributed by atoms with Crippen molar-refractivity contribution < 1.29 is 84.2 Å². The zero-order chi connectivity index (χ0) is 36.3. The highest BCUT2D eigenvalue weighted by atomic mass is 35.5. The Morgan fingerprint density at radius 2 is 1.36 bits per heavy atom. The van der Waals surface area contributed by atoms with Crippen molar-refractivity contribution in [1.29, 1.82) is 0 Å². The lowest BCUT2D eigenvalue weighted by atomic mass is 9.94. The predicted molar refractivity (Wildman–Crippen MR) is 166 cm³/mol. The third-order valence-corrected chi connectivity index (χ3v) is 9.57. The van der Waals surface area contributed by atoms with Gasteiger partial charge < -0.3 is 84.2 Å². The third kappa shape index (κ3) is 9.11. The molecule has 50 heavy (non-hydrogen) atoms. The Balaban J connectivity index is 1.23. The van der Waals surface area contributed by atoms with Crippen molar-refractivity contribution in [1.82, 2.24) is 4.90 Å². The molecule has 4 heterocycles. The smallest absolute Gasteiger partial charge is 0.187 e. The van der Waals surface area contributed by atoms with E-state index in [9.17, 15) is 51.1 Å². The fourth-order valence-corrected chi connectivity index (χ4v) is 6.75. The summed E-state index contributed by atoms with van der Waals surface area (Å²) < 4.78 is 40.0. The number of aliphatic hydroxyl groups is 10. The van der Waals surface area contributed by atoms with E-state index in [4.69, 9.17) is 44.8 Å². The molecule has 0 aliphatic carbocycles. The van der Waals surface area contributed by atoms with Crippen LogP contribution in [0.2, 0.25) is 5.02 Å². The van der Waals surface area contributed by atoms with E-state index < -0.39 is 124 Å². The van der Waals surface area contributed by atoms with Crippen molar-refractivity contribution in [3.05, 3.63) is 34.9 Å². The SMILES string of the molecule is CC1OC(COC2OC(CO)C(O)C(OC3CN(Cc4cccc(Cl)c4)CC(CO)O3)C2O)C(O)C(OC2OC(CO)C(O)C(O)C2O)C1O. The van der Waals surface area contributed by atoms with Gasteiger partial charge >= 0.3 is 0 Å².